The van der Waals surface area contributed by atoms with Crippen molar-refractivity contribution in [3.05, 3.63) is 69.2 Å². The van der Waals surface area contributed by atoms with E-state index in [1.54, 1.807) is 36.4 Å². The quantitative estimate of drug-likeness (QED) is 0.770. The molecule has 30 heavy (non-hydrogen) atoms. The maximum absolute atomic E-state index is 13.2. The second-order valence-electron chi connectivity index (χ2n) is 7.05. The Hall–Kier alpha value is -2.66. The van der Waals surface area contributed by atoms with Gasteiger partial charge in [-0.3, -0.25) is 9.69 Å². The summed E-state index contributed by atoms with van der Waals surface area (Å²) in [5.74, 6) is 0.531. The lowest BCUT2D eigenvalue weighted by Crippen LogP contribution is -2.48. The van der Waals surface area contributed by atoms with Gasteiger partial charge >= 0.3 is 0 Å². The molecule has 2 aliphatic rings. The Morgan fingerprint density at radius 2 is 2.00 bits per heavy atom. The fourth-order valence-electron chi connectivity index (χ4n) is 3.93. The van der Waals surface area contributed by atoms with Crippen LogP contribution in [0, 0.1) is 11.3 Å². The summed E-state index contributed by atoms with van der Waals surface area (Å²) in [5, 5.41) is 22.5. The van der Waals surface area contributed by atoms with Gasteiger partial charge in [0.25, 0.3) is 0 Å². The molecular formula is C22H19ClN2O4S. The summed E-state index contributed by atoms with van der Waals surface area (Å²) < 4.78 is 10.6. The Morgan fingerprint density at radius 1 is 1.23 bits per heavy atom. The van der Waals surface area contributed by atoms with E-state index in [-0.39, 0.29) is 18.1 Å². The van der Waals surface area contributed by atoms with Crippen molar-refractivity contribution in [1.29, 1.82) is 5.26 Å². The number of nitrogens with zero attached hydrogens (tertiary/aromatic N) is 2. The summed E-state index contributed by atoms with van der Waals surface area (Å²) in [5.41, 5.74) is 0.173. The first-order valence-corrected chi connectivity index (χ1v) is 10.6. The van der Waals surface area contributed by atoms with Crippen molar-refractivity contribution in [1.82, 2.24) is 4.90 Å². The van der Waals surface area contributed by atoms with Gasteiger partial charge in [-0.15, -0.1) is 11.8 Å². The molecule has 154 valence electrons. The van der Waals surface area contributed by atoms with Gasteiger partial charge in [-0.05, 0) is 29.8 Å². The highest BCUT2D eigenvalue weighted by atomic mass is 35.5. The zero-order valence-electron chi connectivity index (χ0n) is 16.4. The van der Waals surface area contributed by atoms with Gasteiger partial charge in [0.1, 0.15) is 0 Å². The molecule has 1 fully saturated rings. The molecule has 0 aliphatic carbocycles. The predicted octanol–water partition coefficient (Wildman–Crippen LogP) is 4.00. The number of carbonyl (C=O) groups is 1. The van der Waals surface area contributed by atoms with E-state index >= 15 is 0 Å². The van der Waals surface area contributed by atoms with Crippen molar-refractivity contribution < 1.29 is 19.4 Å². The van der Waals surface area contributed by atoms with Crippen LogP contribution in [0.3, 0.4) is 0 Å². The Bertz CT molecular complexity index is 1100. The first-order valence-electron chi connectivity index (χ1n) is 9.23. The van der Waals surface area contributed by atoms with Gasteiger partial charge in [-0.2, -0.15) is 5.26 Å². The second kappa shape index (κ2) is 7.88. The summed E-state index contributed by atoms with van der Waals surface area (Å²) in [7, 11) is 3.04. The van der Waals surface area contributed by atoms with E-state index in [1.165, 1.54) is 30.9 Å². The van der Waals surface area contributed by atoms with Crippen molar-refractivity contribution >= 4 is 29.3 Å². The third kappa shape index (κ3) is 3.21. The average molecular weight is 443 g/mol. The minimum Gasteiger partial charge on any atom is -0.493 e. The fraction of sp³-hybridized carbons (Fsp3) is 0.273. The number of fused-ring (bicyclic) bond motifs is 1. The largest absolute Gasteiger partial charge is 0.493 e. The minimum atomic E-state index is -1.59. The number of benzene rings is 2. The highest BCUT2D eigenvalue weighted by Crippen LogP contribution is 2.52. The Morgan fingerprint density at radius 3 is 2.67 bits per heavy atom. The van der Waals surface area contributed by atoms with Crippen LogP contribution < -0.4 is 9.47 Å². The average Bonchev–Trinajstić information content (AvgIpc) is 3.12. The number of hydrogen-bond acceptors (Lipinski definition) is 6. The van der Waals surface area contributed by atoms with Crippen molar-refractivity contribution in [2.75, 3.05) is 20.0 Å². The van der Waals surface area contributed by atoms with Gasteiger partial charge in [-0.1, -0.05) is 29.8 Å². The van der Waals surface area contributed by atoms with Crippen LogP contribution in [-0.4, -0.2) is 35.9 Å². The van der Waals surface area contributed by atoms with Crippen LogP contribution in [0.15, 0.2) is 53.1 Å². The van der Waals surface area contributed by atoms with E-state index in [0.717, 1.165) is 5.56 Å². The number of nitriles is 1. The number of allylic oxidation sites excluding steroid dienone is 1. The van der Waals surface area contributed by atoms with E-state index in [2.05, 4.69) is 6.07 Å². The zero-order valence-corrected chi connectivity index (χ0v) is 18.0. The maximum atomic E-state index is 13.2. The van der Waals surface area contributed by atoms with Crippen LogP contribution in [0.4, 0.5) is 0 Å². The molecule has 2 heterocycles. The molecule has 2 atom stereocenters. The number of hydrogen-bond donors (Lipinski definition) is 1. The number of carbonyl (C=O) groups excluding carboxylic acids is 1. The molecule has 0 spiro atoms. The lowest BCUT2D eigenvalue weighted by Gasteiger charge is -2.38. The standard InChI is InChI=1S/C22H19ClN2O4S/c1-28-18-7-6-14(9-19(18)29-2)22(27)12-30-21-17(11-24)16(10-20(26)25(21)22)13-4-3-5-15(23)8-13/h3-9,16,27H,10,12H2,1-2H3. The van der Waals surface area contributed by atoms with Crippen molar-refractivity contribution in [2.45, 2.75) is 18.1 Å². The van der Waals surface area contributed by atoms with Crippen LogP contribution in [0.1, 0.15) is 23.5 Å². The van der Waals surface area contributed by atoms with E-state index < -0.39 is 11.6 Å². The molecule has 1 N–H and O–H groups in total. The third-order valence-electron chi connectivity index (χ3n) is 5.41. The number of methoxy groups -OCH3 is 2. The molecule has 2 aliphatic heterocycles. The molecular weight excluding hydrogens is 424 g/mol. The third-order valence-corrected chi connectivity index (χ3v) is 6.87. The minimum absolute atomic E-state index is 0.0723. The molecule has 6 nitrogen and oxygen atoms in total. The zero-order chi connectivity index (χ0) is 21.5. The topological polar surface area (TPSA) is 82.8 Å². The van der Waals surface area contributed by atoms with Crippen molar-refractivity contribution in [3.63, 3.8) is 0 Å². The lowest BCUT2D eigenvalue weighted by molar-refractivity contribution is -0.149. The van der Waals surface area contributed by atoms with Crippen molar-refractivity contribution in [2.24, 2.45) is 0 Å². The summed E-state index contributed by atoms with van der Waals surface area (Å²) in [4.78, 5) is 14.5. The molecule has 1 amide bonds. The number of halogens is 1. The van der Waals surface area contributed by atoms with E-state index in [4.69, 9.17) is 21.1 Å². The smallest absolute Gasteiger partial charge is 0.231 e. The first-order chi connectivity index (χ1) is 14.4. The number of thioether (sulfide) groups is 1. The van der Waals surface area contributed by atoms with Gasteiger partial charge < -0.3 is 14.6 Å². The highest BCUT2D eigenvalue weighted by molar-refractivity contribution is 8.03. The SMILES string of the molecule is COc1ccc(C2(O)CSC3=C(C#N)C(c4cccc(Cl)c4)CC(=O)N32)cc1OC. The maximum Gasteiger partial charge on any atom is 0.231 e. The lowest BCUT2D eigenvalue weighted by atomic mass is 9.85. The molecule has 0 saturated carbocycles. The van der Waals surface area contributed by atoms with E-state index in [1.807, 2.05) is 6.07 Å². The van der Waals surface area contributed by atoms with Gasteiger partial charge in [0, 0.05) is 22.9 Å². The number of amides is 1. The van der Waals surface area contributed by atoms with Crippen LogP contribution in [0.2, 0.25) is 5.02 Å². The summed E-state index contributed by atoms with van der Waals surface area (Å²) in [6, 6.07) is 14.5. The first kappa shape index (κ1) is 20.6. The molecule has 1 saturated heterocycles. The number of rotatable bonds is 4. The summed E-state index contributed by atoms with van der Waals surface area (Å²) in [6.45, 7) is 0. The van der Waals surface area contributed by atoms with E-state index in [9.17, 15) is 15.2 Å². The summed E-state index contributed by atoms with van der Waals surface area (Å²) in [6.07, 6.45) is 0.0723. The van der Waals surface area contributed by atoms with Crippen LogP contribution in [0.25, 0.3) is 0 Å². The van der Waals surface area contributed by atoms with Gasteiger partial charge in [0.05, 0.1) is 36.6 Å². The Balaban J connectivity index is 1.80. The van der Waals surface area contributed by atoms with Crippen LogP contribution in [0.5, 0.6) is 11.5 Å². The number of ether oxygens (including phenoxy) is 2. The molecule has 0 radical (unpaired) electrons. The molecule has 2 unspecified atom stereocenters. The number of aliphatic hydroxyl groups is 1. The predicted molar refractivity (Wildman–Crippen MR) is 114 cm³/mol. The molecule has 0 bridgehead atoms. The van der Waals surface area contributed by atoms with Crippen LogP contribution in [-0.2, 0) is 10.5 Å². The molecule has 4 rings (SSSR count). The van der Waals surface area contributed by atoms with Gasteiger partial charge in [0.2, 0.25) is 5.91 Å². The molecule has 0 aromatic heterocycles. The Labute approximate surface area is 183 Å². The normalized spacial score (nSPS) is 23.2. The monoisotopic (exact) mass is 442 g/mol. The molecule has 8 heteroatoms. The summed E-state index contributed by atoms with van der Waals surface area (Å²) >= 11 is 7.42. The van der Waals surface area contributed by atoms with Crippen LogP contribution >= 0.6 is 23.4 Å². The van der Waals surface area contributed by atoms with Gasteiger partial charge in [0.15, 0.2) is 17.2 Å². The van der Waals surface area contributed by atoms with Gasteiger partial charge in [-0.25, -0.2) is 0 Å². The van der Waals surface area contributed by atoms with Crippen molar-refractivity contribution in [3.8, 4) is 17.6 Å². The second-order valence-corrected chi connectivity index (χ2v) is 8.45. The highest BCUT2D eigenvalue weighted by Gasteiger charge is 2.52. The molecule has 2 aromatic rings. The Kier molecular flexibility index (Phi) is 5.41. The molecule has 2 aromatic carbocycles. The van der Waals surface area contributed by atoms with E-state index in [0.29, 0.717) is 32.7 Å². The fourth-order valence-corrected chi connectivity index (χ4v) is 5.49.